The van der Waals surface area contributed by atoms with Crippen LogP contribution in [0.2, 0.25) is 5.02 Å². The van der Waals surface area contributed by atoms with Crippen LogP contribution in [-0.2, 0) is 6.54 Å². The highest BCUT2D eigenvalue weighted by molar-refractivity contribution is 6.32. The van der Waals surface area contributed by atoms with Gasteiger partial charge in [0.25, 0.3) is 5.91 Å². The van der Waals surface area contributed by atoms with Crippen molar-refractivity contribution < 1.29 is 9.18 Å². The van der Waals surface area contributed by atoms with Gasteiger partial charge in [-0.3, -0.25) is 9.89 Å². The molecule has 0 unspecified atom stereocenters. The summed E-state index contributed by atoms with van der Waals surface area (Å²) in [4.78, 5) is 23.3. The molecular weight excluding hydrogens is 435 g/mol. The third-order valence-electron chi connectivity index (χ3n) is 5.72. The molecule has 1 saturated heterocycles. The fourth-order valence-electron chi connectivity index (χ4n) is 4.10. The van der Waals surface area contributed by atoms with E-state index in [0.29, 0.717) is 34.3 Å². The lowest BCUT2D eigenvalue weighted by Crippen LogP contribution is -2.43. The highest BCUT2D eigenvalue weighted by Gasteiger charge is 2.34. The van der Waals surface area contributed by atoms with Crippen molar-refractivity contribution in [2.24, 2.45) is 0 Å². The predicted octanol–water partition coefficient (Wildman–Crippen LogP) is 3.50. The highest BCUT2D eigenvalue weighted by Crippen LogP contribution is 2.32. The maximum atomic E-state index is 14.8. The quantitative estimate of drug-likeness (QED) is 0.465. The SMILES string of the molecule is Cc1cc(Nc2nc(Nc3cc4c(cc3F)CN(C3CCNCC3)C4=O)ncc2Cl)n[nH]1. The fraction of sp³-hybridized carbons (Fsp3) is 0.333. The van der Waals surface area contributed by atoms with E-state index in [2.05, 4.69) is 36.1 Å². The van der Waals surface area contributed by atoms with E-state index in [1.165, 1.54) is 18.3 Å². The highest BCUT2D eigenvalue weighted by atomic mass is 35.5. The topological polar surface area (TPSA) is 111 Å². The average Bonchev–Trinajstić information content (AvgIpc) is 3.34. The molecule has 0 bridgehead atoms. The van der Waals surface area contributed by atoms with Gasteiger partial charge in [-0.2, -0.15) is 10.1 Å². The van der Waals surface area contributed by atoms with Gasteiger partial charge in [-0.1, -0.05) is 11.6 Å². The Kier molecular flexibility index (Phi) is 5.40. The number of carbonyl (C=O) groups excluding carboxylic acids is 1. The fourth-order valence-corrected chi connectivity index (χ4v) is 4.24. The zero-order valence-corrected chi connectivity index (χ0v) is 18.1. The Morgan fingerprint density at radius 3 is 2.78 bits per heavy atom. The molecule has 5 rings (SSSR count). The first-order chi connectivity index (χ1) is 15.5. The van der Waals surface area contributed by atoms with Crippen LogP contribution in [0.4, 0.5) is 27.7 Å². The van der Waals surface area contributed by atoms with Crippen LogP contribution in [0.15, 0.2) is 24.4 Å². The van der Waals surface area contributed by atoms with Gasteiger partial charge in [0.1, 0.15) is 10.8 Å². The predicted molar refractivity (Wildman–Crippen MR) is 119 cm³/mol. The number of H-pyrrole nitrogens is 1. The van der Waals surface area contributed by atoms with Crippen LogP contribution < -0.4 is 16.0 Å². The number of nitrogens with zero attached hydrogens (tertiary/aromatic N) is 4. The maximum Gasteiger partial charge on any atom is 0.254 e. The molecule has 0 aliphatic carbocycles. The number of amides is 1. The molecule has 0 saturated carbocycles. The molecule has 11 heteroatoms. The molecule has 166 valence electrons. The number of aryl methyl sites for hydroxylation is 1. The summed E-state index contributed by atoms with van der Waals surface area (Å²) in [6.45, 7) is 4.07. The molecule has 0 atom stereocenters. The molecule has 1 amide bonds. The van der Waals surface area contributed by atoms with Crippen molar-refractivity contribution >= 4 is 40.8 Å². The molecule has 4 heterocycles. The number of fused-ring (bicyclic) bond motifs is 1. The van der Waals surface area contributed by atoms with Crippen LogP contribution in [-0.4, -0.2) is 50.1 Å². The van der Waals surface area contributed by atoms with Crippen molar-refractivity contribution in [1.29, 1.82) is 0 Å². The molecule has 2 aliphatic heterocycles. The summed E-state index contributed by atoms with van der Waals surface area (Å²) >= 11 is 6.19. The van der Waals surface area contributed by atoms with E-state index in [-0.39, 0.29) is 23.6 Å². The minimum atomic E-state index is -0.473. The largest absolute Gasteiger partial charge is 0.331 e. The summed E-state index contributed by atoms with van der Waals surface area (Å²) < 4.78 is 14.8. The van der Waals surface area contributed by atoms with Gasteiger partial charge in [-0.05, 0) is 50.6 Å². The van der Waals surface area contributed by atoms with E-state index >= 15 is 0 Å². The van der Waals surface area contributed by atoms with Crippen LogP contribution in [0, 0.1) is 12.7 Å². The zero-order valence-electron chi connectivity index (χ0n) is 17.4. The molecule has 0 radical (unpaired) electrons. The van der Waals surface area contributed by atoms with Crippen molar-refractivity contribution in [3.05, 3.63) is 52.1 Å². The summed E-state index contributed by atoms with van der Waals surface area (Å²) in [5, 5.41) is 16.4. The Morgan fingerprint density at radius 2 is 2.03 bits per heavy atom. The molecule has 3 aromatic rings. The van der Waals surface area contributed by atoms with Gasteiger partial charge in [-0.25, -0.2) is 9.37 Å². The molecule has 2 aliphatic rings. The number of benzene rings is 1. The average molecular weight is 457 g/mol. The summed E-state index contributed by atoms with van der Waals surface area (Å²) in [5.41, 5.74) is 2.21. The van der Waals surface area contributed by atoms with Crippen LogP contribution in [0.25, 0.3) is 0 Å². The van der Waals surface area contributed by atoms with E-state index in [4.69, 9.17) is 11.6 Å². The van der Waals surface area contributed by atoms with Gasteiger partial charge >= 0.3 is 0 Å². The van der Waals surface area contributed by atoms with Crippen molar-refractivity contribution in [3.63, 3.8) is 0 Å². The number of piperidine rings is 1. The number of rotatable bonds is 5. The van der Waals surface area contributed by atoms with Gasteiger partial charge in [0, 0.05) is 29.9 Å². The van der Waals surface area contributed by atoms with Crippen molar-refractivity contribution in [1.82, 2.24) is 30.4 Å². The third-order valence-corrected chi connectivity index (χ3v) is 5.99. The molecule has 1 fully saturated rings. The standard InChI is InChI=1S/C21H22ClFN8O/c1-11-6-18(30-29-11)27-19-15(22)9-25-21(28-19)26-17-8-14-12(7-16(17)23)10-31(20(14)32)13-2-4-24-5-3-13/h6-9,13,24H,2-5,10H2,1H3,(H3,25,26,27,28,29,30). The number of aromatic amines is 1. The number of anilines is 4. The Labute approximate surface area is 188 Å². The Balaban J connectivity index is 1.37. The number of carbonyl (C=O) groups is 1. The van der Waals surface area contributed by atoms with E-state index in [0.717, 1.165) is 31.6 Å². The van der Waals surface area contributed by atoms with Crippen molar-refractivity contribution in [2.75, 3.05) is 23.7 Å². The minimum Gasteiger partial charge on any atom is -0.331 e. The van der Waals surface area contributed by atoms with Crippen LogP contribution in [0.5, 0.6) is 0 Å². The van der Waals surface area contributed by atoms with Crippen molar-refractivity contribution in [3.8, 4) is 0 Å². The van der Waals surface area contributed by atoms with Crippen LogP contribution in [0.3, 0.4) is 0 Å². The molecule has 0 spiro atoms. The Morgan fingerprint density at radius 1 is 1.22 bits per heavy atom. The first-order valence-electron chi connectivity index (χ1n) is 10.4. The van der Waals surface area contributed by atoms with E-state index < -0.39 is 5.82 Å². The number of hydrogen-bond acceptors (Lipinski definition) is 7. The summed E-state index contributed by atoms with van der Waals surface area (Å²) in [6, 6.07) is 4.93. The second-order valence-electron chi connectivity index (χ2n) is 7.98. The first kappa shape index (κ1) is 20.7. The Hall–Kier alpha value is -3.24. The normalized spacial score (nSPS) is 16.3. The molecule has 1 aromatic carbocycles. The molecule has 32 heavy (non-hydrogen) atoms. The molecule has 4 N–H and O–H groups in total. The number of aromatic nitrogens is 4. The lowest BCUT2D eigenvalue weighted by atomic mass is 10.1. The van der Waals surface area contributed by atoms with Crippen molar-refractivity contribution in [2.45, 2.75) is 32.4 Å². The third kappa shape index (κ3) is 3.98. The lowest BCUT2D eigenvalue weighted by molar-refractivity contribution is 0.0668. The zero-order chi connectivity index (χ0) is 22.2. The van der Waals surface area contributed by atoms with Gasteiger partial charge in [0.15, 0.2) is 11.6 Å². The number of halogens is 2. The maximum absolute atomic E-state index is 14.8. The Bertz CT molecular complexity index is 1180. The number of hydrogen-bond donors (Lipinski definition) is 4. The van der Waals surface area contributed by atoms with Gasteiger partial charge < -0.3 is 20.9 Å². The van der Waals surface area contributed by atoms with E-state index in [1.807, 2.05) is 11.8 Å². The van der Waals surface area contributed by atoms with Gasteiger partial charge in [0.2, 0.25) is 5.95 Å². The lowest BCUT2D eigenvalue weighted by Gasteiger charge is -2.31. The summed E-state index contributed by atoms with van der Waals surface area (Å²) in [6.07, 6.45) is 3.21. The van der Waals surface area contributed by atoms with E-state index in [9.17, 15) is 9.18 Å². The second-order valence-corrected chi connectivity index (χ2v) is 8.39. The summed E-state index contributed by atoms with van der Waals surface area (Å²) in [7, 11) is 0. The number of nitrogens with one attached hydrogen (secondary N) is 4. The molecule has 2 aromatic heterocycles. The summed E-state index contributed by atoms with van der Waals surface area (Å²) in [5.74, 6) is 0.471. The van der Waals surface area contributed by atoms with Crippen LogP contribution >= 0.6 is 11.6 Å². The smallest absolute Gasteiger partial charge is 0.254 e. The molecular formula is C21H22ClFN8O. The van der Waals surface area contributed by atoms with Crippen LogP contribution in [0.1, 0.15) is 34.5 Å². The minimum absolute atomic E-state index is 0.0665. The monoisotopic (exact) mass is 456 g/mol. The second kappa shape index (κ2) is 8.36. The van der Waals surface area contributed by atoms with E-state index in [1.54, 1.807) is 6.07 Å². The van der Waals surface area contributed by atoms with Gasteiger partial charge in [-0.15, -0.1) is 0 Å². The van der Waals surface area contributed by atoms with Gasteiger partial charge in [0.05, 0.1) is 11.9 Å². The first-order valence-corrected chi connectivity index (χ1v) is 10.8. The molecule has 9 nitrogen and oxygen atoms in total.